The Kier molecular flexibility index (Phi) is 4.05. The Balaban J connectivity index is 1.84. The molecule has 1 aromatic heterocycles. The van der Waals surface area contributed by atoms with Gasteiger partial charge in [0.05, 0.1) is 5.69 Å². The lowest BCUT2D eigenvalue weighted by Crippen LogP contribution is -1.89. The molecule has 0 amide bonds. The van der Waals surface area contributed by atoms with Gasteiger partial charge in [-0.15, -0.1) is 11.3 Å². The number of anilines is 2. The first-order valence-electron chi connectivity index (χ1n) is 5.95. The first kappa shape index (κ1) is 13.6. The lowest BCUT2D eigenvalue weighted by atomic mass is 10.2. The van der Waals surface area contributed by atoms with E-state index in [0.29, 0.717) is 0 Å². The van der Waals surface area contributed by atoms with E-state index in [1.165, 1.54) is 0 Å². The number of hydrogen-bond donors (Lipinski definition) is 1. The molecule has 0 atom stereocenters. The molecule has 0 aliphatic rings. The fraction of sp³-hybridized carbons (Fsp3) is 0. The Hall–Kier alpha value is -1.36. The van der Waals surface area contributed by atoms with Crippen LogP contribution < -0.4 is 5.32 Å². The number of benzene rings is 2. The van der Waals surface area contributed by atoms with Crippen molar-refractivity contribution in [2.75, 3.05) is 5.32 Å². The van der Waals surface area contributed by atoms with Crippen molar-refractivity contribution in [3.8, 4) is 11.3 Å². The molecule has 3 rings (SSSR count). The molecule has 5 heteroatoms. The van der Waals surface area contributed by atoms with Gasteiger partial charge >= 0.3 is 0 Å². The maximum absolute atomic E-state index is 6.00. The largest absolute Gasteiger partial charge is 0.332 e. The van der Waals surface area contributed by atoms with E-state index < -0.39 is 0 Å². The van der Waals surface area contributed by atoms with Gasteiger partial charge in [0.25, 0.3) is 0 Å². The van der Waals surface area contributed by atoms with Crippen LogP contribution in [0.1, 0.15) is 0 Å². The fourth-order valence-corrected chi connectivity index (χ4v) is 3.13. The second-order valence-corrected chi connectivity index (χ2v) is 6.39. The molecule has 2 nitrogen and oxygen atoms in total. The molecular weight excluding hydrogens is 356 g/mol. The summed E-state index contributed by atoms with van der Waals surface area (Å²) in [6, 6.07) is 15.7. The highest BCUT2D eigenvalue weighted by Gasteiger charge is 2.05. The molecular formula is C15H10BrClN2S. The molecule has 0 saturated carbocycles. The van der Waals surface area contributed by atoms with E-state index in [-0.39, 0.29) is 0 Å². The van der Waals surface area contributed by atoms with Gasteiger partial charge in [-0.1, -0.05) is 45.7 Å². The number of rotatable bonds is 3. The van der Waals surface area contributed by atoms with E-state index >= 15 is 0 Å². The van der Waals surface area contributed by atoms with E-state index in [2.05, 4.69) is 26.2 Å². The first-order chi connectivity index (χ1) is 9.70. The van der Waals surface area contributed by atoms with Crippen molar-refractivity contribution in [3.63, 3.8) is 0 Å². The van der Waals surface area contributed by atoms with Crippen LogP contribution in [0.5, 0.6) is 0 Å². The average Bonchev–Trinajstić information content (AvgIpc) is 2.87. The summed E-state index contributed by atoms with van der Waals surface area (Å²) in [6.45, 7) is 0. The minimum absolute atomic E-state index is 0.719. The van der Waals surface area contributed by atoms with Gasteiger partial charge in [-0.25, -0.2) is 4.98 Å². The quantitative estimate of drug-likeness (QED) is 0.618. The molecule has 1 heterocycles. The van der Waals surface area contributed by atoms with Gasteiger partial charge in [0.2, 0.25) is 0 Å². The van der Waals surface area contributed by atoms with E-state index in [9.17, 15) is 0 Å². The summed E-state index contributed by atoms with van der Waals surface area (Å²) in [4.78, 5) is 4.58. The lowest BCUT2D eigenvalue weighted by molar-refractivity contribution is 1.38. The Bertz CT molecular complexity index is 742. The third-order valence-corrected chi connectivity index (χ3v) is 4.19. The van der Waals surface area contributed by atoms with Crippen LogP contribution in [0.3, 0.4) is 0 Å². The van der Waals surface area contributed by atoms with Gasteiger partial charge in [-0.05, 0) is 30.3 Å². The predicted octanol–water partition coefficient (Wildman–Crippen LogP) is 5.97. The maximum atomic E-state index is 6.00. The summed E-state index contributed by atoms with van der Waals surface area (Å²) < 4.78 is 1.04. The fourth-order valence-electron chi connectivity index (χ4n) is 1.80. The molecule has 0 spiro atoms. The molecule has 0 aliphatic carbocycles. The van der Waals surface area contributed by atoms with Gasteiger partial charge in [0.15, 0.2) is 5.13 Å². The summed E-state index contributed by atoms with van der Waals surface area (Å²) in [5.74, 6) is 0. The summed E-state index contributed by atoms with van der Waals surface area (Å²) in [5.41, 5.74) is 2.96. The van der Waals surface area contributed by atoms with E-state index in [4.69, 9.17) is 11.6 Å². The van der Waals surface area contributed by atoms with Crippen molar-refractivity contribution in [3.05, 3.63) is 63.4 Å². The van der Waals surface area contributed by atoms with Crippen LogP contribution in [0.25, 0.3) is 11.3 Å². The number of nitrogens with zero attached hydrogens (tertiary/aromatic N) is 1. The van der Waals surface area contributed by atoms with Crippen LogP contribution in [0.15, 0.2) is 58.4 Å². The smallest absolute Gasteiger partial charge is 0.187 e. The second-order valence-electron chi connectivity index (χ2n) is 4.18. The highest BCUT2D eigenvalue weighted by molar-refractivity contribution is 9.10. The Labute approximate surface area is 134 Å². The van der Waals surface area contributed by atoms with Crippen LogP contribution in [0, 0.1) is 0 Å². The van der Waals surface area contributed by atoms with Crippen LogP contribution >= 0.6 is 38.9 Å². The van der Waals surface area contributed by atoms with Crippen LogP contribution in [-0.4, -0.2) is 4.98 Å². The molecule has 0 unspecified atom stereocenters. The minimum Gasteiger partial charge on any atom is -0.332 e. The maximum Gasteiger partial charge on any atom is 0.187 e. The van der Waals surface area contributed by atoms with Gasteiger partial charge in [0.1, 0.15) is 0 Å². The Morgan fingerprint density at radius 2 is 1.95 bits per heavy atom. The van der Waals surface area contributed by atoms with Crippen molar-refractivity contribution in [2.24, 2.45) is 0 Å². The molecule has 0 bridgehead atoms. The number of hydrogen-bond acceptors (Lipinski definition) is 3. The molecule has 0 radical (unpaired) electrons. The summed E-state index contributed by atoms with van der Waals surface area (Å²) in [5, 5.41) is 6.89. The van der Waals surface area contributed by atoms with Gasteiger partial charge in [-0.3, -0.25) is 0 Å². The SMILES string of the molecule is Clc1cccc(-c2csc(Nc3cccc(Br)c3)n2)c1. The molecule has 1 N–H and O–H groups in total. The Morgan fingerprint density at radius 3 is 2.75 bits per heavy atom. The summed E-state index contributed by atoms with van der Waals surface area (Å²) >= 11 is 11.0. The van der Waals surface area contributed by atoms with Crippen molar-refractivity contribution >= 4 is 49.7 Å². The molecule has 3 aromatic rings. The summed E-state index contributed by atoms with van der Waals surface area (Å²) in [7, 11) is 0. The molecule has 2 aromatic carbocycles. The van der Waals surface area contributed by atoms with E-state index in [1.807, 2.05) is 53.9 Å². The molecule has 0 saturated heterocycles. The normalized spacial score (nSPS) is 10.5. The first-order valence-corrected chi connectivity index (χ1v) is 8.00. The van der Waals surface area contributed by atoms with Crippen LogP contribution in [-0.2, 0) is 0 Å². The van der Waals surface area contributed by atoms with Crippen molar-refractivity contribution < 1.29 is 0 Å². The highest BCUT2D eigenvalue weighted by Crippen LogP contribution is 2.29. The van der Waals surface area contributed by atoms with Crippen LogP contribution in [0.4, 0.5) is 10.8 Å². The standard InChI is InChI=1S/C15H10BrClN2S/c16-11-4-2-6-13(8-11)18-15-19-14(9-20-15)10-3-1-5-12(17)7-10/h1-9H,(H,18,19). The topological polar surface area (TPSA) is 24.9 Å². The number of halogens is 2. The number of thiazole rings is 1. The third kappa shape index (κ3) is 3.20. The van der Waals surface area contributed by atoms with Crippen molar-refractivity contribution in [1.29, 1.82) is 0 Å². The summed E-state index contributed by atoms with van der Waals surface area (Å²) in [6.07, 6.45) is 0. The predicted molar refractivity (Wildman–Crippen MR) is 90.0 cm³/mol. The number of aromatic nitrogens is 1. The highest BCUT2D eigenvalue weighted by atomic mass is 79.9. The van der Waals surface area contributed by atoms with Gasteiger partial charge in [0, 0.05) is 26.1 Å². The third-order valence-electron chi connectivity index (χ3n) is 2.70. The Morgan fingerprint density at radius 1 is 1.10 bits per heavy atom. The zero-order valence-electron chi connectivity index (χ0n) is 10.3. The zero-order valence-corrected chi connectivity index (χ0v) is 13.5. The van der Waals surface area contributed by atoms with E-state index in [1.54, 1.807) is 11.3 Å². The average molecular weight is 366 g/mol. The monoisotopic (exact) mass is 364 g/mol. The van der Waals surface area contributed by atoms with Crippen molar-refractivity contribution in [2.45, 2.75) is 0 Å². The second kappa shape index (κ2) is 5.95. The van der Waals surface area contributed by atoms with Crippen LogP contribution in [0.2, 0.25) is 5.02 Å². The minimum atomic E-state index is 0.719. The van der Waals surface area contributed by atoms with Crippen molar-refractivity contribution in [1.82, 2.24) is 4.98 Å². The molecule has 0 fully saturated rings. The molecule has 100 valence electrons. The molecule has 0 aliphatic heterocycles. The van der Waals surface area contributed by atoms with Gasteiger partial charge in [-0.2, -0.15) is 0 Å². The lowest BCUT2D eigenvalue weighted by Gasteiger charge is -2.02. The van der Waals surface area contributed by atoms with Gasteiger partial charge < -0.3 is 5.32 Å². The number of nitrogens with one attached hydrogen (secondary N) is 1. The zero-order chi connectivity index (χ0) is 13.9. The molecule has 20 heavy (non-hydrogen) atoms. The van der Waals surface area contributed by atoms with E-state index in [0.717, 1.165) is 31.6 Å².